The van der Waals surface area contributed by atoms with E-state index < -0.39 is 41.2 Å². The Morgan fingerprint density at radius 3 is 2.66 bits per heavy atom. The van der Waals surface area contributed by atoms with Crippen LogP contribution in [0.4, 0.5) is 17.6 Å². The quantitative estimate of drug-likeness (QED) is 0.205. The molecule has 44 heavy (non-hydrogen) atoms. The number of nitrogens with zero attached hydrogens (tertiary/aromatic N) is 3. The van der Waals surface area contributed by atoms with E-state index in [9.17, 15) is 32.3 Å². The molecule has 14 heteroatoms. The van der Waals surface area contributed by atoms with Gasteiger partial charge in [0.2, 0.25) is 5.60 Å². The summed E-state index contributed by atoms with van der Waals surface area (Å²) in [5.74, 6) is -1.13. The Labute approximate surface area is 252 Å². The first-order chi connectivity index (χ1) is 20.8. The maximum absolute atomic E-state index is 14.7. The standard InChI is InChI=1S/C30H25ClF4N4O5/c1-28(13-40)14-44-26-18(28)9-24(37-25(26)16-5-6-20(32)19(31)7-16)29(42,30(33,34)35)12-36-27(41)17-8-23(43-2)22-10-21(15-3-4-15)38-39(22)11-17/h5-11,13,15,42H,3-4,12,14H2,1-2H3,(H,36,41)/t28-,29?/m0/s1. The van der Waals surface area contributed by atoms with E-state index in [0.29, 0.717) is 23.5 Å². The molecule has 1 fully saturated rings. The number of aldehydes is 1. The van der Waals surface area contributed by atoms with Gasteiger partial charge < -0.3 is 24.7 Å². The molecule has 4 aromatic rings. The molecule has 0 radical (unpaired) electrons. The van der Waals surface area contributed by atoms with Crippen LogP contribution in [-0.2, 0) is 15.8 Å². The first-order valence-corrected chi connectivity index (χ1v) is 13.9. The summed E-state index contributed by atoms with van der Waals surface area (Å²) >= 11 is 5.93. The van der Waals surface area contributed by atoms with Gasteiger partial charge in [-0.05, 0) is 56.2 Å². The van der Waals surface area contributed by atoms with Gasteiger partial charge in [-0.15, -0.1) is 0 Å². The maximum atomic E-state index is 14.7. The number of aromatic nitrogens is 3. The minimum Gasteiger partial charge on any atom is -0.494 e. The van der Waals surface area contributed by atoms with Crippen LogP contribution in [0.1, 0.15) is 53.0 Å². The summed E-state index contributed by atoms with van der Waals surface area (Å²) in [6, 6.07) is 7.51. The number of nitrogens with one attached hydrogen (secondary N) is 1. The van der Waals surface area contributed by atoms with Gasteiger partial charge in [0.05, 0.1) is 41.0 Å². The Bertz CT molecular complexity index is 1830. The zero-order valence-electron chi connectivity index (χ0n) is 23.3. The van der Waals surface area contributed by atoms with E-state index in [1.54, 1.807) is 0 Å². The molecule has 4 heterocycles. The van der Waals surface area contributed by atoms with Crippen LogP contribution in [0.3, 0.4) is 0 Å². The third kappa shape index (κ3) is 4.93. The Morgan fingerprint density at radius 2 is 2.02 bits per heavy atom. The van der Waals surface area contributed by atoms with E-state index in [1.165, 1.54) is 36.9 Å². The fourth-order valence-corrected chi connectivity index (χ4v) is 5.32. The molecule has 0 saturated heterocycles. The highest BCUT2D eigenvalue weighted by Gasteiger charge is 2.57. The number of ether oxygens (including phenoxy) is 2. The number of pyridine rings is 2. The van der Waals surface area contributed by atoms with Crippen molar-refractivity contribution in [2.45, 2.75) is 42.9 Å². The number of hydrogen-bond donors (Lipinski definition) is 2. The molecule has 9 nitrogen and oxygen atoms in total. The molecule has 1 aliphatic carbocycles. The lowest BCUT2D eigenvalue weighted by molar-refractivity contribution is -0.265. The van der Waals surface area contributed by atoms with Crippen molar-refractivity contribution < 1.29 is 41.7 Å². The van der Waals surface area contributed by atoms with Gasteiger partial charge in [0.25, 0.3) is 5.91 Å². The fraction of sp³-hybridized carbons (Fsp3) is 0.333. The van der Waals surface area contributed by atoms with Crippen molar-refractivity contribution >= 4 is 29.3 Å². The number of halogens is 5. The average molecular weight is 633 g/mol. The zero-order chi connectivity index (χ0) is 31.6. The SMILES string of the molecule is COc1cc(C(=O)NCC(O)(c2cc3c(c(-c4ccc(F)c(Cl)c4)n2)OC[C@]3(C)C=O)C(F)(F)F)cn2nc(C3CC3)cc12. The molecule has 0 bridgehead atoms. The summed E-state index contributed by atoms with van der Waals surface area (Å²) in [5.41, 5.74) is -4.74. The van der Waals surface area contributed by atoms with Crippen LogP contribution in [0.5, 0.6) is 11.5 Å². The Balaban J connectivity index is 1.40. The summed E-state index contributed by atoms with van der Waals surface area (Å²) in [4.78, 5) is 29.3. The number of fused-ring (bicyclic) bond motifs is 2. The van der Waals surface area contributed by atoms with Crippen molar-refractivity contribution in [1.29, 1.82) is 0 Å². The van der Waals surface area contributed by atoms with E-state index in [0.717, 1.165) is 36.7 Å². The monoisotopic (exact) mass is 632 g/mol. The summed E-state index contributed by atoms with van der Waals surface area (Å²) in [5, 5.41) is 17.6. The first-order valence-electron chi connectivity index (χ1n) is 13.5. The third-order valence-electron chi connectivity index (χ3n) is 7.99. The summed E-state index contributed by atoms with van der Waals surface area (Å²) in [7, 11) is 1.39. The zero-order valence-corrected chi connectivity index (χ0v) is 24.1. The number of rotatable bonds is 8. The number of alkyl halides is 3. The van der Waals surface area contributed by atoms with Crippen LogP contribution in [0.15, 0.2) is 42.6 Å². The van der Waals surface area contributed by atoms with Gasteiger partial charge >= 0.3 is 6.18 Å². The van der Waals surface area contributed by atoms with Crippen molar-refractivity contribution in [2.24, 2.45) is 0 Å². The molecule has 1 unspecified atom stereocenters. The van der Waals surface area contributed by atoms with Crippen LogP contribution in [-0.4, -0.2) is 58.3 Å². The topological polar surface area (TPSA) is 115 Å². The maximum Gasteiger partial charge on any atom is 0.424 e. The molecule has 2 aliphatic rings. The minimum atomic E-state index is -5.35. The van der Waals surface area contributed by atoms with Crippen molar-refractivity contribution in [3.8, 4) is 22.8 Å². The van der Waals surface area contributed by atoms with Gasteiger partial charge in [-0.1, -0.05) is 11.6 Å². The lowest BCUT2D eigenvalue weighted by atomic mass is 9.83. The third-order valence-corrected chi connectivity index (χ3v) is 8.28. The Kier molecular flexibility index (Phi) is 7.08. The second-order valence-electron chi connectivity index (χ2n) is 11.2. The molecular weight excluding hydrogens is 608 g/mol. The largest absolute Gasteiger partial charge is 0.494 e. The summed E-state index contributed by atoms with van der Waals surface area (Å²) in [6.07, 6.45) is -1.49. The van der Waals surface area contributed by atoms with Gasteiger partial charge in [0, 0.05) is 23.2 Å². The van der Waals surface area contributed by atoms with Crippen molar-refractivity contribution in [2.75, 3.05) is 20.3 Å². The van der Waals surface area contributed by atoms with Crippen molar-refractivity contribution in [3.05, 3.63) is 75.9 Å². The minimum absolute atomic E-state index is 0.00947. The molecule has 230 valence electrons. The molecule has 3 aromatic heterocycles. The molecule has 6 rings (SSSR count). The molecule has 1 amide bonds. The van der Waals surface area contributed by atoms with Gasteiger partial charge in [-0.25, -0.2) is 13.9 Å². The van der Waals surface area contributed by atoms with Crippen LogP contribution < -0.4 is 14.8 Å². The highest BCUT2D eigenvalue weighted by atomic mass is 35.5. The van der Waals surface area contributed by atoms with Crippen LogP contribution >= 0.6 is 11.6 Å². The number of aliphatic hydroxyl groups is 1. The van der Waals surface area contributed by atoms with Gasteiger partial charge in [0.1, 0.15) is 41.4 Å². The van der Waals surface area contributed by atoms with Crippen LogP contribution in [0.2, 0.25) is 5.02 Å². The number of carbonyl (C=O) groups is 2. The number of hydrogen-bond acceptors (Lipinski definition) is 7. The summed E-state index contributed by atoms with van der Waals surface area (Å²) in [6.45, 7) is -0.0879. The first kappa shape index (κ1) is 29.8. The molecule has 1 aliphatic heterocycles. The Hall–Kier alpha value is -4.23. The molecular formula is C30H25ClF4N4O5. The van der Waals surface area contributed by atoms with Gasteiger partial charge in [0.15, 0.2) is 0 Å². The van der Waals surface area contributed by atoms with Crippen LogP contribution in [0, 0.1) is 5.82 Å². The highest BCUT2D eigenvalue weighted by Crippen LogP contribution is 2.47. The normalized spacial score (nSPS) is 19.3. The lowest BCUT2D eigenvalue weighted by Gasteiger charge is -2.31. The molecule has 0 spiro atoms. The molecule has 2 N–H and O–H groups in total. The second kappa shape index (κ2) is 10.4. The molecule has 1 saturated carbocycles. The molecule has 1 aromatic carbocycles. The Morgan fingerprint density at radius 1 is 1.27 bits per heavy atom. The predicted molar refractivity (Wildman–Crippen MR) is 150 cm³/mol. The second-order valence-corrected chi connectivity index (χ2v) is 11.6. The average Bonchev–Trinajstić information content (AvgIpc) is 3.67. The van der Waals surface area contributed by atoms with Crippen molar-refractivity contribution in [1.82, 2.24) is 19.9 Å². The number of methoxy groups -OCH3 is 1. The van der Waals surface area contributed by atoms with E-state index >= 15 is 0 Å². The number of carbonyl (C=O) groups excluding carboxylic acids is 2. The lowest BCUT2D eigenvalue weighted by Crippen LogP contribution is -2.51. The van der Waals surface area contributed by atoms with Gasteiger partial charge in [-0.2, -0.15) is 18.3 Å². The van der Waals surface area contributed by atoms with Gasteiger partial charge in [-0.3, -0.25) is 4.79 Å². The highest BCUT2D eigenvalue weighted by molar-refractivity contribution is 6.31. The smallest absolute Gasteiger partial charge is 0.424 e. The summed E-state index contributed by atoms with van der Waals surface area (Å²) < 4.78 is 70.4. The van der Waals surface area contributed by atoms with E-state index in [4.69, 9.17) is 21.1 Å². The fourth-order valence-electron chi connectivity index (χ4n) is 5.14. The van der Waals surface area contributed by atoms with E-state index in [-0.39, 0.29) is 39.8 Å². The number of amides is 1. The predicted octanol–water partition coefficient (Wildman–Crippen LogP) is 5.10. The van der Waals surface area contributed by atoms with Crippen molar-refractivity contribution in [3.63, 3.8) is 0 Å². The van der Waals surface area contributed by atoms with E-state index in [1.807, 2.05) is 6.07 Å². The van der Waals surface area contributed by atoms with Crippen LogP contribution in [0.25, 0.3) is 16.8 Å². The van der Waals surface area contributed by atoms with E-state index in [2.05, 4.69) is 15.4 Å². The molecule has 2 atom stereocenters. The number of benzene rings is 1.